The number of rotatable bonds is 3. The Morgan fingerprint density at radius 2 is 2.54 bits per heavy atom. The third-order valence-electron chi connectivity index (χ3n) is 4.01. The van der Waals surface area contributed by atoms with E-state index in [1.165, 1.54) is 11.9 Å². The number of likely N-dealkylation sites (N-methyl/N-ethyl adjacent to an activating group) is 1. The second-order valence-corrected chi connectivity index (χ2v) is 5.61. The van der Waals surface area contributed by atoms with Crippen molar-refractivity contribution in [1.82, 2.24) is 19.9 Å². The lowest BCUT2D eigenvalue weighted by Gasteiger charge is -2.41. The molecule has 24 heavy (non-hydrogen) atoms. The number of carbonyl (C=O) groups is 1. The van der Waals surface area contributed by atoms with Crippen LogP contribution in [0, 0.1) is 19.4 Å². The Balaban J connectivity index is 2.21. The number of amides is 1. The Morgan fingerprint density at radius 1 is 1.71 bits per heavy atom. The Hall–Kier alpha value is -2.62. The van der Waals surface area contributed by atoms with Gasteiger partial charge in [0.05, 0.1) is 14.1 Å². The Morgan fingerprint density at radius 3 is 3.29 bits per heavy atom. The molecule has 0 bridgehead atoms. The molecule has 126 valence electrons. The van der Waals surface area contributed by atoms with Gasteiger partial charge in [0.1, 0.15) is 19.1 Å². The fourth-order valence-electron chi connectivity index (χ4n) is 2.75. The van der Waals surface area contributed by atoms with Crippen molar-refractivity contribution in [2.45, 2.75) is 26.2 Å². The third kappa shape index (κ3) is 2.92. The molecule has 2 atom stereocenters. The second kappa shape index (κ2) is 6.48. The first-order valence-electron chi connectivity index (χ1n) is 10.9. The number of nitrogens with zero attached hydrogens (tertiary/aromatic N) is 5. The van der Waals surface area contributed by atoms with E-state index in [1.807, 2.05) is 0 Å². The number of aromatic amines is 1. The fraction of sp³-hybridized carbons (Fsp3) is 0.529. The van der Waals surface area contributed by atoms with Crippen LogP contribution in [0.1, 0.15) is 28.6 Å². The van der Waals surface area contributed by atoms with Crippen molar-refractivity contribution in [2.24, 2.45) is 5.89 Å². The van der Waals surface area contributed by atoms with Crippen molar-refractivity contribution in [1.29, 1.82) is 0 Å². The first kappa shape index (κ1) is 9.62. The van der Waals surface area contributed by atoms with Crippen LogP contribution in [0.4, 0.5) is 5.82 Å². The molecule has 0 spiro atoms. The van der Waals surface area contributed by atoms with Gasteiger partial charge in [0.2, 0.25) is 0 Å². The average molecular weight is 333 g/mol. The van der Waals surface area contributed by atoms with Crippen LogP contribution < -0.4 is 4.90 Å². The van der Waals surface area contributed by atoms with Crippen LogP contribution in [0.2, 0.25) is 0 Å². The number of hydrogen-bond acceptors (Lipinski definition) is 4. The van der Waals surface area contributed by atoms with Gasteiger partial charge in [-0.05, 0) is 25.3 Å². The fourth-order valence-corrected chi connectivity index (χ4v) is 2.75. The Bertz CT molecular complexity index is 1080. The number of aromatic nitrogens is 3. The maximum absolute atomic E-state index is 12.3. The third-order valence-corrected chi connectivity index (χ3v) is 4.01. The van der Waals surface area contributed by atoms with E-state index in [1.54, 1.807) is 6.92 Å². The number of piperidine rings is 1. The number of nitrogens with one attached hydrogen (secondary N) is 1. The molecule has 1 fully saturated rings. The van der Waals surface area contributed by atoms with Crippen LogP contribution in [0.15, 0.2) is 12.3 Å². The van der Waals surface area contributed by atoms with Gasteiger partial charge < -0.3 is 19.6 Å². The molecule has 0 saturated carbocycles. The van der Waals surface area contributed by atoms with Crippen molar-refractivity contribution in [2.75, 3.05) is 31.6 Å². The van der Waals surface area contributed by atoms with Gasteiger partial charge in [-0.2, -0.15) is 0 Å². The number of carbonyl (C=O) groups excluding carboxylic acids is 1. The summed E-state index contributed by atoms with van der Waals surface area (Å²) in [5.74, 6) is -2.91. The van der Waals surface area contributed by atoms with Gasteiger partial charge in [-0.1, -0.05) is 6.85 Å². The van der Waals surface area contributed by atoms with Crippen LogP contribution in [0.3, 0.4) is 0 Å². The smallest absolute Gasteiger partial charge is 0.302 e. The number of H-pyrrole nitrogens is 1. The standard InChI is InChI=1S/C17H22N6O/c1-11-5-6-23(15(24)8-18-3)9-14(11)22(4)17-13-7-12(2)21-16(13)19-10-20-17/h7,10-11,14H,5-6,8-9H2,1-2,4H3,(H,19,20,21)/t11-,14+/m1/s1/i1D3,7D,10D,11D,14D. The van der Waals surface area contributed by atoms with Gasteiger partial charge in [-0.15, -0.1) is 0 Å². The summed E-state index contributed by atoms with van der Waals surface area (Å²) in [5, 5.41) is 0.195. The largest absolute Gasteiger partial charge is 0.354 e. The molecule has 1 amide bonds. The zero-order chi connectivity index (χ0) is 23.4. The molecule has 7 heteroatoms. The molecular weight excluding hydrogens is 304 g/mol. The Labute approximate surface area is 151 Å². The van der Waals surface area contributed by atoms with Crippen LogP contribution in [0.25, 0.3) is 15.9 Å². The summed E-state index contributed by atoms with van der Waals surface area (Å²) >= 11 is 0. The summed E-state index contributed by atoms with van der Waals surface area (Å²) in [7, 11) is 1.37. The zero-order valence-electron chi connectivity index (χ0n) is 20.5. The van der Waals surface area contributed by atoms with Gasteiger partial charge in [-0.25, -0.2) is 16.5 Å². The van der Waals surface area contributed by atoms with E-state index < -0.39 is 44.1 Å². The summed E-state index contributed by atoms with van der Waals surface area (Å²) in [6, 6.07) is -2.18. The van der Waals surface area contributed by atoms with E-state index in [0.717, 1.165) is 4.90 Å². The molecule has 3 heterocycles. The van der Waals surface area contributed by atoms with E-state index in [9.17, 15) is 4.79 Å². The highest BCUT2D eigenvalue weighted by Gasteiger charge is 2.33. The quantitative estimate of drug-likeness (QED) is 0.871. The Kier molecular flexibility index (Phi) is 2.60. The first-order valence-corrected chi connectivity index (χ1v) is 7.45. The van der Waals surface area contributed by atoms with Gasteiger partial charge in [0.25, 0.3) is 6.54 Å². The summed E-state index contributed by atoms with van der Waals surface area (Å²) in [6.45, 7) is 4.72. The van der Waals surface area contributed by atoms with Crippen molar-refractivity contribution in [3.63, 3.8) is 0 Å². The minimum absolute atomic E-state index is 0.0293. The van der Waals surface area contributed by atoms with Gasteiger partial charge in [-0.3, -0.25) is 4.79 Å². The normalized spacial score (nSPS) is 31.7. The molecule has 1 aliphatic heterocycles. The molecule has 3 rings (SSSR count). The van der Waals surface area contributed by atoms with Crippen LogP contribution in [-0.2, 0) is 4.79 Å². The highest BCUT2D eigenvalue weighted by molar-refractivity contribution is 5.88. The number of hydrogen-bond donors (Lipinski definition) is 1. The summed E-state index contributed by atoms with van der Waals surface area (Å²) in [4.78, 5) is 28.7. The van der Waals surface area contributed by atoms with Crippen molar-refractivity contribution < 1.29 is 14.4 Å². The maximum Gasteiger partial charge on any atom is 0.302 e. The molecule has 0 radical (unpaired) electrons. The number of likely N-dealkylation sites (tertiary alicyclic amines) is 1. The first-order chi connectivity index (χ1) is 14.3. The zero-order valence-corrected chi connectivity index (χ0v) is 13.5. The second-order valence-electron chi connectivity index (χ2n) is 5.61. The minimum atomic E-state index is -2.87. The van der Waals surface area contributed by atoms with E-state index in [4.69, 9.17) is 16.2 Å². The van der Waals surface area contributed by atoms with Gasteiger partial charge in [0.15, 0.2) is 0 Å². The SMILES string of the molecule is [2H]c1nc(N(C)[C@@]2([2H])CN(C(=O)C[N+]#[C-])CC[C@@]2([2H])C([2H])([2H])[2H])c2c([2H])c(C)[nH]c2n1. The van der Waals surface area contributed by atoms with Crippen LogP contribution >= 0.6 is 0 Å². The summed E-state index contributed by atoms with van der Waals surface area (Å²) in [5.41, 5.74) is 0.642. The number of anilines is 1. The molecule has 1 aliphatic rings. The van der Waals surface area contributed by atoms with E-state index >= 15 is 0 Å². The predicted octanol–water partition coefficient (Wildman–Crippen LogP) is 1.86. The minimum Gasteiger partial charge on any atom is -0.354 e. The van der Waals surface area contributed by atoms with Crippen molar-refractivity contribution in [3.05, 3.63) is 29.5 Å². The molecule has 7 nitrogen and oxygen atoms in total. The van der Waals surface area contributed by atoms with Crippen LogP contribution in [-0.4, -0.2) is 58.5 Å². The molecule has 0 unspecified atom stereocenters. The van der Waals surface area contributed by atoms with Crippen molar-refractivity contribution in [3.8, 4) is 0 Å². The molecule has 1 saturated heterocycles. The summed E-state index contributed by atoms with van der Waals surface area (Å²) < 4.78 is 58.1. The highest BCUT2D eigenvalue weighted by Crippen LogP contribution is 2.29. The van der Waals surface area contributed by atoms with Gasteiger partial charge in [0, 0.05) is 31.3 Å². The van der Waals surface area contributed by atoms with Crippen molar-refractivity contribution >= 4 is 22.8 Å². The van der Waals surface area contributed by atoms with E-state index in [2.05, 4.69) is 19.8 Å². The molecule has 2 aromatic heterocycles. The lowest BCUT2D eigenvalue weighted by atomic mass is 9.92. The molecule has 0 aromatic carbocycles. The molecule has 2 aromatic rings. The lowest BCUT2D eigenvalue weighted by molar-refractivity contribution is -0.130. The topological polar surface area (TPSA) is 69.5 Å². The highest BCUT2D eigenvalue weighted by atomic mass is 16.2. The van der Waals surface area contributed by atoms with E-state index in [0.29, 0.717) is 5.69 Å². The van der Waals surface area contributed by atoms with E-state index in [-0.39, 0.29) is 35.9 Å². The molecule has 1 N–H and O–H groups in total. The number of aryl methyl sites for hydroxylation is 1. The molecule has 0 aliphatic carbocycles. The number of fused-ring (bicyclic) bond motifs is 1. The lowest BCUT2D eigenvalue weighted by Crippen LogP contribution is -2.53. The van der Waals surface area contributed by atoms with Crippen LogP contribution in [0.5, 0.6) is 0 Å². The predicted molar refractivity (Wildman–Crippen MR) is 92.6 cm³/mol. The average Bonchev–Trinajstić information content (AvgIpc) is 2.95. The monoisotopic (exact) mass is 333 g/mol. The van der Waals surface area contributed by atoms with Gasteiger partial charge >= 0.3 is 5.91 Å². The maximum atomic E-state index is 12.3. The summed E-state index contributed by atoms with van der Waals surface area (Å²) in [6.07, 6.45) is -0.719. The molecular formula is C17H22N6O.